The summed E-state index contributed by atoms with van der Waals surface area (Å²) in [6.07, 6.45) is 7.09. The largest absolute Gasteiger partial charge is 0.117 e. The number of fused-ring (bicyclic) bond motifs is 12. The van der Waals surface area contributed by atoms with Crippen LogP contribution in [-0.4, -0.2) is 0 Å². The van der Waals surface area contributed by atoms with Crippen molar-refractivity contribution in [2.45, 2.75) is 23.3 Å². The molecule has 0 spiro atoms. The Balaban J connectivity index is 0.741. The molecule has 0 aliphatic carbocycles. The van der Waals surface area contributed by atoms with Gasteiger partial charge in [-0.15, -0.1) is 23.5 Å². The molecule has 0 saturated carbocycles. The lowest BCUT2D eigenvalue weighted by atomic mass is 9.92. The zero-order valence-electron chi connectivity index (χ0n) is 31.9. The Morgan fingerprint density at radius 3 is 0.879 bits per heavy atom. The Bertz CT molecular complexity index is 3040. The lowest BCUT2D eigenvalue weighted by Gasteiger charge is -2.15. The lowest BCUT2D eigenvalue weighted by molar-refractivity contribution is 0.989. The molecule has 0 fully saturated rings. The molecule has 2 aliphatic rings. The lowest BCUT2D eigenvalue weighted by Crippen LogP contribution is -1.90. The topological polar surface area (TPSA) is 0 Å². The fourth-order valence-corrected chi connectivity index (χ4v) is 12.3. The van der Waals surface area contributed by atoms with Crippen LogP contribution in [0.5, 0.6) is 0 Å². The highest BCUT2D eigenvalue weighted by molar-refractivity contribution is 8.08. The van der Waals surface area contributed by atoms with Gasteiger partial charge in [-0.2, -0.15) is 0 Å². The smallest absolute Gasteiger partial charge is 0.0379 e. The van der Waals surface area contributed by atoms with Crippen molar-refractivity contribution >= 4 is 88.2 Å². The maximum atomic E-state index is 2.47. The second-order valence-electron chi connectivity index (χ2n) is 15.8. The van der Waals surface area contributed by atoms with Gasteiger partial charge < -0.3 is 0 Å². The van der Waals surface area contributed by atoms with E-state index in [0.717, 1.165) is 12.8 Å². The standard InChI is InChI=1S/C56H38S2/c1-3-13-45-41(9-1)43-11-5-7-15-47(43)51-33-39(25-27-49(45)51)35-17-21-37(22-18-35)53-29-31-55(57-53)56-32-30-54(58-56)38-23-19-36(20-24-38)40-26-28-50-46-14-4-2-10-42(46)44-12-6-8-16-48(44)52(50)34-40/h1-28,31-34,53-54H,29-30H2. The number of allylic oxidation sites excluding steroid dienone is 2. The number of hydrogen-bond acceptors (Lipinski definition) is 2. The molecule has 0 aromatic heterocycles. The van der Waals surface area contributed by atoms with Gasteiger partial charge in [-0.05, 0) is 123 Å². The molecule has 2 heteroatoms. The fraction of sp³-hybridized carbons (Fsp3) is 0.0714. The number of hydrogen-bond donors (Lipinski definition) is 0. The minimum atomic E-state index is 0.452. The van der Waals surface area contributed by atoms with Crippen LogP contribution in [0.1, 0.15) is 34.5 Å². The van der Waals surface area contributed by atoms with Crippen molar-refractivity contribution in [1.29, 1.82) is 0 Å². The van der Waals surface area contributed by atoms with Crippen LogP contribution in [0.3, 0.4) is 0 Å². The molecule has 0 N–H and O–H groups in total. The fourth-order valence-electron chi connectivity index (χ4n) is 9.61. The zero-order valence-corrected chi connectivity index (χ0v) is 33.5. The first-order valence-corrected chi connectivity index (χ1v) is 22.1. The normalized spacial score (nSPS) is 16.9. The van der Waals surface area contributed by atoms with Crippen molar-refractivity contribution in [3.05, 3.63) is 215 Å². The second-order valence-corrected chi connectivity index (χ2v) is 18.3. The van der Waals surface area contributed by atoms with Crippen LogP contribution in [0.2, 0.25) is 0 Å². The maximum absolute atomic E-state index is 2.47. The van der Waals surface area contributed by atoms with Gasteiger partial charge in [0.2, 0.25) is 0 Å². The summed E-state index contributed by atoms with van der Waals surface area (Å²) >= 11 is 4.08. The summed E-state index contributed by atoms with van der Waals surface area (Å²) in [5.41, 5.74) is 7.88. The second kappa shape index (κ2) is 13.8. The highest BCUT2D eigenvalue weighted by atomic mass is 32.2. The Kier molecular flexibility index (Phi) is 8.10. The summed E-state index contributed by atoms with van der Waals surface area (Å²) in [4.78, 5) is 2.89. The molecule has 2 atom stereocenters. The molecule has 10 aromatic carbocycles. The van der Waals surface area contributed by atoms with E-state index in [2.05, 4.69) is 194 Å². The molecule has 10 aromatic rings. The van der Waals surface area contributed by atoms with E-state index < -0.39 is 0 Å². The molecule has 58 heavy (non-hydrogen) atoms. The molecule has 2 unspecified atom stereocenters. The van der Waals surface area contributed by atoms with Crippen LogP contribution < -0.4 is 0 Å². The predicted molar refractivity (Wildman–Crippen MR) is 255 cm³/mol. The van der Waals surface area contributed by atoms with Gasteiger partial charge in [-0.25, -0.2) is 0 Å². The van der Waals surface area contributed by atoms with Gasteiger partial charge in [0.25, 0.3) is 0 Å². The van der Waals surface area contributed by atoms with Crippen molar-refractivity contribution in [3.8, 4) is 22.3 Å². The third kappa shape index (κ3) is 5.62. The molecule has 0 radical (unpaired) electrons. The summed E-state index contributed by atoms with van der Waals surface area (Å²) < 4.78 is 0. The molecule has 0 bridgehead atoms. The first-order valence-electron chi connectivity index (χ1n) is 20.3. The first-order chi connectivity index (χ1) is 28.7. The van der Waals surface area contributed by atoms with Crippen LogP contribution in [0, 0.1) is 0 Å². The van der Waals surface area contributed by atoms with Crippen LogP contribution in [-0.2, 0) is 0 Å². The summed E-state index contributed by atoms with van der Waals surface area (Å²) in [6.45, 7) is 0. The SMILES string of the molecule is C1=C(C2=CCC(c3ccc(-c4ccc5c6ccccc6c6ccccc6c5c4)cc3)S2)SC(c2ccc(-c3ccc4c5ccccc5c5ccccc5c4c3)cc2)C1. The zero-order chi connectivity index (χ0) is 38.2. The molecule has 2 aliphatic heterocycles. The molecule has 0 nitrogen and oxygen atoms in total. The molecule has 274 valence electrons. The van der Waals surface area contributed by atoms with E-state index in [0.29, 0.717) is 10.5 Å². The van der Waals surface area contributed by atoms with Crippen molar-refractivity contribution in [2.75, 3.05) is 0 Å². The van der Waals surface area contributed by atoms with Gasteiger partial charge in [0, 0.05) is 20.3 Å². The number of rotatable bonds is 5. The molecule has 2 heterocycles. The van der Waals surface area contributed by atoms with Crippen molar-refractivity contribution < 1.29 is 0 Å². The van der Waals surface area contributed by atoms with E-state index in [9.17, 15) is 0 Å². The molecule has 0 amide bonds. The van der Waals surface area contributed by atoms with Gasteiger partial charge >= 0.3 is 0 Å². The van der Waals surface area contributed by atoms with Crippen molar-refractivity contribution in [2.24, 2.45) is 0 Å². The van der Waals surface area contributed by atoms with E-state index in [4.69, 9.17) is 0 Å². The Morgan fingerprint density at radius 2 is 0.552 bits per heavy atom. The molecule has 0 saturated heterocycles. The monoisotopic (exact) mass is 774 g/mol. The third-order valence-electron chi connectivity index (χ3n) is 12.5. The molecule has 12 rings (SSSR count). The van der Waals surface area contributed by atoms with Gasteiger partial charge in [0.15, 0.2) is 0 Å². The van der Waals surface area contributed by atoms with E-state index in [1.807, 2.05) is 23.5 Å². The number of thioether (sulfide) groups is 2. The average molecular weight is 775 g/mol. The highest BCUT2D eigenvalue weighted by Gasteiger charge is 2.28. The van der Waals surface area contributed by atoms with E-state index >= 15 is 0 Å². The van der Waals surface area contributed by atoms with Gasteiger partial charge in [-0.1, -0.05) is 182 Å². The quantitative estimate of drug-likeness (QED) is 0.160. The molecular formula is C56H38S2. The third-order valence-corrected chi connectivity index (χ3v) is 15.4. The first kappa shape index (κ1) is 34.0. The van der Waals surface area contributed by atoms with Crippen LogP contribution in [0.15, 0.2) is 204 Å². The molecular weight excluding hydrogens is 737 g/mol. The van der Waals surface area contributed by atoms with Crippen LogP contribution in [0.4, 0.5) is 0 Å². The van der Waals surface area contributed by atoms with E-state index in [1.54, 1.807) is 0 Å². The van der Waals surface area contributed by atoms with Crippen LogP contribution >= 0.6 is 23.5 Å². The number of benzene rings is 10. The van der Waals surface area contributed by atoms with Crippen molar-refractivity contribution in [3.63, 3.8) is 0 Å². The van der Waals surface area contributed by atoms with Crippen molar-refractivity contribution in [1.82, 2.24) is 0 Å². The minimum Gasteiger partial charge on any atom is -0.117 e. The van der Waals surface area contributed by atoms with Crippen LogP contribution in [0.25, 0.3) is 86.9 Å². The predicted octanol–water partition coefficient (Wildman–Crippen LogP) is 16.8. The summed E-state index contributed by atoms with van der Waals surface area (Å²) in [5, 5.41) is 16.7. The summed E-state index contributed by atoms with van der Waals surface area (Å²) in [5.74, 6) is 0. The minimum absolute atomic E-state index is 0.452. The Hall–Kier alpha value is -6.06. The van der Waals surface area contributed by atoms with E-state index in [-0.39, 0.29) is 0 Å². The average Bonchev–Trinajstić information content (AvgIpc) is 4.01. The Labute approximate surface area is 346 Å². The highest BCUT2D eigenvalue weighted by Crippen LogP contribution is 2.55. The summed E-state index contributed by atoms with van der Waals surface area (Å²) in [7, 11) is 0. The van der Waals surface area contributed by atoms with Gasteiger partial charge in [0.1, 0.15) is 0 Å². The van der Waals surface area contributed by atoms with Gasteiger partial charge in [0.05, 0.1) is 0 Å². The van der Waals surface area contributed by atoms with Gasteiger partial charge in [-0.3, -0.25) is 0 Å². The van der Waals surface area contributed by atoms with E-state index in [1.165, 1.54) is 108 Å². The Morgan fingerprint density at radius 1 is 0.276 bits per heavy atom. The summed E-state index contributed by atoms with van der Waals surface area (Å²) in [6, 6.07) is 68.0. The maximum Gasteiger partial charge on any atom is 0.0379 e.